The monoisotopic (exact) mass is 392 g/mol. The zero-order valence-electron chi connectivity index (χ0n) is 19.1. The summed E-state index contributed by atoms with van der Waals surface area (Å²) in [6, 6.07) is 0. The van der Waals surface area contributed by atoms with Crippen molar-refractivity contribution in [2.24, 2.45) is 4.99 Å². The maximum atomic E-state index is 11.5. The van der Waals surface area contributed by atoms with Crippen molar-refractivity contribution in [3.05, 3.63) is 12.2 Å². The van der Waals surface area contributed by atoms with Gasteiger partial charge in [0, 0.05) is 19.9 Å². The number of hydrogen-bond acceptors (Lipinski definition) is 2. The van der Waals surface area contributed by atoms with Crippen LogP contribution in [0.1, 0.15) is 105 Å². The van der Waals surface area contributed by atoms with Crippen LogP contribution in [0.4, 0.5) is 0 Å². The number of rotatable bonds is 16. The van der Waals surface area contributed by atoms with Gasteiger partial charge in [0.05, 0.1) is 13.1 Å². The van der Waals surface area contributed by atoms with Crippen LogP contribution in [0, 0.1) is 0 Å². The average molecular weight is 393 g/mol. The molecule has 4 heteroatoms. The first-order chi connectivity index (χ1) is 13.6. The van der Waals surface area contributed by atoms with Crippen molar-refractivity contribution in [2.75, 3.05) is 19.6 Å². The third-order valence-electron chi connectivity index (χ3n) is 6.19. The molecule has 2 unspecified atom stereocenters. The molecule has 1 amide bonds. The van der Waals surface area contributed by atoms with Crippen LogP contribution in [-0.2, 0) is 4.79 Å². The molecule has 0 saturated carbocycles. The number of aliphatic imine (C=N–C) groups is 1. The molecule has 1 aliphatic heterocycles. The minimum atomic E-state index is 0.0367. The van der Waals surface area contributed by atoms with Crippen LogP contribution in [0.2, 0.25) is 0 Å². The van der Waals surface area contributed by atoms with Crippen LogP contribution in [0.25, 0.3) is 0 Å². The van der Waals surface area contributed by atoms with Crippen molar-refractivity contribution in [1.29, 1.82) is 0 Å². The van der Waals surface area contributed by atoms with E-state index in [1.54, 1.807) is 6.92 Å². The van der Waals surface area contributed by atoms with E-state index in [0.29, 0.717) is 0 Å². The van der Waals surface area contributed by atoms with Crippen molar-refractivity contribution in [3.63, 3.8) is 0 Å². The molecule has 0 spiro atoms. The molecule has 1 N–H and O–H groups in total. The highest BCUT2D eigenvalue weighted by atomic mass is 16.1. The molecule has 4 nitrogen and oxygen atoms in total. The number of quaternary nitrogens is 1. The van der Waals surface area contributed by atoms with Gasteiger partial charge in [0.15, 0.2) is 6.17 Å². The maximum Gasteiger partial charge on any atom is 0.224 e. The van der Waals surface area contributed by atoms with Gasteiger partial charge < -0.3 is 5.32 Å². The zero-order chi connectivity index (χ0) is 20.7. The predicted octanol–water partition coefficient (Wildman–Crippen LogP) is 5.97. The first-order valence-corrected chi connectivity index (χ1v) is 11.9. The normalized spacial score (nSPS) is 20.5. The Bertz CT molecular complexity index is 486. The van der Waals surface area contributed by atoms with Gasteiger partial charge >= 0.3 is 0 Å². The lowest BCUT2D eigenvalue weighted by Crippen LogP contribution is -2.62. The van der Waals surface area contributed by atoms with E-state index < -0.39 is 0 Å². The third kappa shape index (κ3) is 8.89. The first kappa shape index (κ1) is 24.9. The summed E-state index contributed by atoms with van der Waals surface area (Å²) in [6.07, 6.45) is 21.0. The number of likely N-dealkylation sites (N-methyl/N-ethyl adjacent to an activating group) is 1. The number of nitrogens with one attached hydrogen (secondary N) is 1. The Balaban J connectivity index is 2.18. The second-order valence-corrected chi connectivity index (χ2v) is 8.42. The lowest BCUT2D eigenvalue weighted by molar-refractivity contribution is -0.859. The summed E-state index contributed by atoms with van der Waals surface area (Å²) in [4.78, 5) is 16.2. The van der Waals surface area contributed by atoms with E-state index in [2.05, 4.69) is 38.2 Å². The summed E-state index contributed by atoms with van der Waals surface area (Å²) in [6.45, 7) is 11.0. The van der Waals surface area contributed by atoms with Gasteiger partial charge in [-0.2, -0.15) is 0 Å². The summed E-state index contributed by atoms with van der Waals surface area (Å²) in [5.74, 6) is 1.17. The number of nitrogens with zero attached hydrogens (tertiary/aromatic N) is 2. The fourth-order valence-corrected chi connectivity index (χ4v) is 4.32. The van der Waals surface area contributed by atoms with E-state index in [4.69, 9.17) is 4.99 Å². The molecule has 2 atom stereocenters. The van der Waals surface area contributed by atoms with Gasteiger partial charge in [0.1, 0.15) is 6.54 Å². The Hall–Kier alpha value is -1.16. The Morgan fingerprint density at radius 3 is 2.14 bits per heavy atom. The predicted molar refractivity (Wildman–Crippen MR) is 121 cm³/mol. The van der Waals surface area contributed by atoms with Crippen LogP contribution in [-0.4, -0.2) is 42.0 Å². The van der Waals surface area contributed by atoms with Gasteiger partial charge in [-0.15, -0.1) is 0 Å². The Kier molecular flexibility index (Phi) is 13.1. The fraction of sp³-hybridized carbons (Fsp3) is 0.833. The van der Waals surface area contributed by atoms with Gasteiger partial charge in [0.2, 0.25) is 11.7 Å². The molecule has 0 aromatic rings. The number of allylic oxidation sites excluding steroid dienone is 1. The summed E-state index contributed by atoms with van der Waals surface area (Å²) < 4.78 is 0.772. The van der Waals surface area contributed by atoms with Crippen molar-refractivity contribution in [3.8, 4) is 0 Å². The van der Waals surface area contributed by atoms with Crippen molar-refractivity contribution in [1.82, 2.24) is 5.32 Å². The van der Waals surface area contributed by atoms with E-state index in [9.17, 15) is 4.79 Å². The third-order valence-corrected chi connectivity index (χ3v) is 6.19. The Morgan fingerprint density at radius 1 is 1.04 bits per heavy atom. The summed E-state index contributed by atoms with van der Waals surface area (Å²) in [5, 5.41) is 3.07. The van der Waals surface area contributed by atoms with Crippen LogP contribution >= 0.6 is 0 Å². The second-order valence-electron chi connectivity index (χ2n) is 8.42. The van der Waals surface area contributed by atoms with Gasteiger partial charge in [-0.1, -0.05) is 77.2 Å². The zero-order valence-corrected chi connectivity index (χ0v) is 19.1. The number of amides is 1. The van der Waals surface area contributed by atoms with Crippen LogP contribution in [0.15, 0.2) is 17.1 Å². The van der Waals surface area contributed by atoms with Gasteiger partial charge in [-0.3, -0.25) is 9.28 Å². The van der Waals surface area contributed by atoms with E-state index in [1.807, 2.05) is 0 Å². The molecule has 0 aromatic heterocycles. The molecule has 28 heavy (non-hydrogen) atoms. The highest BCUT2D eigenvalue weighted by molar-refractivity contribution is 5.88. The fourth-order valence-electron chi connectivity index (χ4n) is 4.32. The van der Waals surface area contributed by atoms with Gasteiger partial charge in [0.25, 0.3) is 0 Å². The van der Waals surface area contributed by atoms with Crippen molar-refractivity contribution >= 4 is 11.7 Å². The van der Waals surface area contributed by atoms with E-state index in [0.717, 1.165) is 36.4 Å². The summed E-state index contributed by atoms with van der Waals surface area (Å²) in [5.41, 5.74) is 0. The molecule has 0 bridgehead atoms. The summed E-state index contributed by atoms with van der Waals surface area (Å²) >= 11 is 0. The number of unbranched alkanes of at least 4 members (excludes halogenated alkanes) is 11. The lowest BCUT2D eigenvalue weighted by atomic mass is 10.1. The smallest absolute Gasteiger partial charge is 0.224 e. The Labute approximate surface area is 174 Å². The van der Waals surface area contributed by atoms with Gasteiger partial charge in [-0.05, 0) is 19.8 Å². The first-order valence-electron chi connectivity index (χ1n) is 11.9. The number of hydrogen-bond donors (Lipinski definition) is 1. The molecule has 162 valence electrons. The molecule has 1 heterocycles. The highest BCUT2D eigenvalue weighted by Gasteiger charge is 2.40. The van der Waals surface area contributed by atoms with E-state index in [-0.39, 0.29) is 12.1 Å². The topological polar surface area (TPSA) is 41.5 Å². The maximum absolute atomic E-state index is 11.5. The SMILES string of the molecule is CCCCCCCCCCCCC/C=C/C1=NCC[N+]1(CC)C(C)NC(C)=O. The minimum absolute atomic E-state index is 0.0367. The quantitative estimate of drug-likeness (QED) is 0.255. The molecule has 0 aliphatic carbocycles. The standard InChI is InChI=1S/C24H45N3O/c1-5-7-8-9-10-11-12-13-14-15-16-17-18-19-24-25-20-21-27(24,6-2)22(3)26-23(4)28/h18-19,22H,5-17,20-21H2,1-4H3/p+1/b19-18+. The molecule has 0 aromatic carbocycles. The molecular weight excluding hydrogens is 346 g/mol. The Morgan fingerprint density at radius 2 is 1.61 bits per heavy atom. The average Bonchev–Trinajstić information content (AvgIpc) is 3.09. The summed E-state index contributed by atoms with van der Waals surface area (Å²) in [7, 11) is 0. The van der Waals surface area contributed by atoms with Crippen molar-refractivity contribution in [2.45, 2.75) is 111 Å². The number of amidine groups is 1. The van der Waals surface area contributed by atoms with E-state index in [1.165, 1.54) is 70.6 Å². The van der Waals surface area contributed by atoms with E-state index >= 15 is 0 Å². The molecule has 0 radical (unpaired) electrons. The molecule has 1 rings (SSSR count). The van der Waals surface area contributed by atoms with Crippen LogP contribution < -0.4 is 5.32 Å². The van der Waals surface area contributed by atoms with Crippen LogP contribution in [0.3, 0.4) is 0 Å². The lowest BCUT2D eigenvalue weighted by Gasteiger charge is -2.38. The highest BCUT2D eigenvalue weighted by Crippen LogP contribution is 2.20. The number of carbonyl (C=O) groups excluding carboxylic acids is 1. The van der Waals surface area contributed by atoms with Crippen LogP contribution in [0.5, 0.6) is 0 Å². The number of carbonyl (C=O) groups is 1. The molecular formula is C24H46N3O+. The largest absolute Gasteiger partial charge is 0.307 e. The minimum Gasteiger partial charge on any atom is -0.307 e. The van der Waals surface area contributed by atoms with Gasteiger partial charge in [-0.25, -0.2) is 4.99 Å². The second kappa shape index (κ2) is 14.8. The molecule has 1 aliphatic rings. The van der Waals surface area contributed by atoms with Crippen molar-refractivity contribution < 1.29 is 9.28 Å². The molecule has 0 saturated heterocycles. The molecule has 0 fully saturated rings.